The number of pyridine rings is 1. The van der Waals surface area contributed by atoms with Gasteiger partial charge in [0.1, 0.15) is 11.3 Å². The zero-order valence-corrected chi connectivity index (χ0v) is 12.2. The molecule has 20 heavy (non-hydrogen) atoms. The van der Waals surface area contributed by atoms with Crippen molar-refractivity contribution in [1.82, 2.24) is 9.97 Å². The number of nitrogens with zero attached hydrogens (tertiary/aromatic N) is 2. The minimum Gasteiger partial charge on any atom is -0.497 e. The predicted molar refractivity (Wildman–Crippen MR) is 82.7 cm³/mol. The lowest BCUT2D eigenvalue weighted by molar-refractivity contribution is 0.414. The fourth-order valence-corrected chi connectivity index (χ4v) is 1.80. The highest BCUT2D eigenvalue weighted by Crippen LogP contribution is 2.25. The van der Waals surface area contributed by atoms with Crippen molar-refractivity contribution in [2.75, 3.05) is 12.8 Å². The van der Waals surface area contributed by atoms with Crippen LogP contribution in [0.25, 0.3) is 22.4 Å². The van der Waals surface area contributed by atoms with E-state index in [1.54, 1.807) is 19.4 Å². The molecular weight excluding hydrogens is 301 g/mol. The maximum Gasteiger partial charge on any atom is 0.292 e. The van der Waals surface area contributed by atoms with E-state index in [2.05, 4.69) is 9.97 Å². The van der Waals surface area contributed by atoms with Gasteiger partial charge in [-0.15, -0.1) is 24.8 Å². The second-order valence-corrected chi connectivity index (χ2v) is 3.82. The Bertz CT molecular complexity index is 716. The number of hydrogen-bond donors (Lipinski definition) is 1. The quantitative estimate of drug-likeness (QED) is 0.785. The smallest absolute Gasteiger partial charge is 0.292 e. The van der Waals surface area contributed by atoms with E-state index in [4.69, 9.17) is 14.9 Å². The van der Waals surface area contributed by atoms with Gasteiger partial charge in [0.05, 0.1) is 12.8 Å². The van der Waals surface area contributed by atoms with Crippen molar-refractivity contribution in [3.63, 3.8) is 0 Å². The first kappa shape index (κ1) is 16.1. The molecule has 0 aliphatic heterocycles. The molecule has 0 atom stereocenters. The van der Waals surface area contributed by atoms with Gasteiger partial charge in [0.25, 0.3) is 6.01 Å². The molecule has 0 spiro atoms. The van der Waals surface area contributed by atoms with Gasteiger partial charge in [0.15, 0.2) is 5.58 Å². The van der Waals surface area contributed by atoms with E-state index in [0.717, 1.165) is 22.5 Å². The summed E-state index contributed by atoms with van der Waals surface area (Å²) >= 11 is 0. The highest BCUT2D eigenvalue weighted by Gasteiger charge is 2.06. The number of rotatable bonds is 2. The summed E-state index contributed by atoms with van der Waals surface area (Å²) in [6, 6.07) is 9.46. The number of aromatic nitrogens is 2. The van der Waals surface area contributed by atoms with Gasteiger partial charge in [-0.3, -0.25) is 4.98 Å². The molecule has 0 fully saturated rings. The largest absolute Gasteiger partial charge is 0.497 e. The molecule has 7 heteroatoms. The van der Waals surface area contributed by atoms with Crippen molar-refractivity contribution >= 4 is 41.9 Å². The van der Waals surface area contributed by atoms with Crippen molar-refractivity contribution in [3.05, 3.63) is 36.5 Å². The lowest BCUT2D eigenvalue weighted by Crippen LogP contribution is -1.87. The molecule has 5 nitrogen and oxygen atoms in total. The van der Waals surface area contributed by atoms with E-state index in [9.17, 15) is 0 Å². The van der Waals surface area contributed by atoms with Crippen LogP contribution in [0, 0.1) is 0 Å². The van der Waals surface area contributed by atoms with Gasteiger partial charge in [0, 0.05) is 17.8 Å². The number of ether oxygens (including phenoxy) is 1. The Morgan fingerprint density at radius 3 is 2.70 bits per heavy atom. The van der Waals surface area contributed by atoms with Crippen LogP contribution in [-0.4, -0.2) is 17.1 Å². The Kier molecular flexibility index (Phi) is 5.19. The van der Waals surface area contributed by atoms with Gasteiger partial charge >= 0.3 is 0 Å². The maximum atomic E-state index is 5.51. The summed E-state index contributed by atoms with van der Waals surface area (Å²) in [4.78, 5) is 8.40. The molecule has 2 heterocycles. The molecule has 0 radical (unpaired) electrons. The lowest BCUT2D eigenvalue weighted by Gasteiger charge is -2.03. The van der Waals surface area contributed by atoms with E-state index < -0.39 is 0 Å². The summed E-state index contributed by atoms with van der Waals surface area (Å²) in [5.74, 6) is 0.764. The number of hydrogen-bond acceptors (Lipinski definition) is 5. The van der Waals surface area contributed by atoms with Crippen molar-refractivity contribution in [2.45, 2.75) is 0 Å². The number of nitrogens with two attached hydrogens (primary N) is 1. The first-order chi connectivity index (χ1) is 8.76. The molecule has 0 unspecified atom stereocenters. The van der Waals surface area contributed by atoms with Crippen LogP contribution < -0.4 is 10.5 Å². The molecule has 2 aromatic heterocycles. The minimum atomic E-state index is 0. The van der Waals surface area contributed by atoms with E-state index >= 15 is 0 Å². The fourth-order valence-electron chi connectivity index (χ4n) is 1.80. The number of oxazole rings is 1. The first-order valence-electron chi connectivity index (χ1n) is 5.43. The molecule has 1 aromatic carbocycles. The predicted octanol–water partition coefficient (Wildman–Crippen LogP) is 3.32. The van der Waals surface area contributed by atoms with Crippen LogP contribution in [0.4, 0.5) is 6.01 Å². The van der Waals surface area contributed by atoms with Gasteiger partial charge in [-0.2, -0.15) is 4.98 Å². The van der Waals surface area contributed by atoms with Crippen LogP contribution in [0.1, 0.15) is 0 Å². The third kappa shape index (κ3) is 2.95. The van der Waals surface area contributed by atoms with Crippen LogP contribution in [0.15, 0.2) is 40.9 Å². The van der Waals surface area contributed by atoms with E-state index in [1.807, 2.05) is 24.3 Å². The number of fused-ring (bicyclic) bond motifs is 1. The Balaban J connectivity index is 0.000001000. The molecule has 0 amide bonds. The van der Waals surface area contributed by atoms with Crippen LogP contribution in [0.3, 0.4) is 0 Å². The second-order valence-electron chi connectivity index (χ2n) is 3.82. The number of benzene rings is 1. The minimum absolute atomic E-state index is 0. The molecule has 0 aliphatic carbocycles. The average molecular weight is 314 g/mol. The third-order valence-corrected chi connectivity index (χ3v) is 2.67. The molecule has 0 saturated heterocycles. The molecule has 0 saturated carbocycles. The standard InChI is InChI=1S/C13H11N3O2.2ClH/c1-17-9-4-5-15-10(7-9)8-2-3-12-11(6-8)16-13(14)18-12;;/h2-7H,1H3,(H2,14,16);2*1H. The fraction of sp³-hybridized carbons (Fsp3) is 0.0769. The summed E-state index contributed by atoms with van der Waals surface area (Å²) < 4.78 is 10.4. The van der Waals surface area contributed by atoms with Gasteiger partial charge in [-0.1, -0.05) is 0 Å². The SMILES string of the molecule is COc1ccnc(-c2ccc3oc(N)nc3c2)c1.Cl.Cl. The molecule has 2 N–H and O–H groups in total. The number of methoxy groups -OCH3 is 1. The summed E-state index contributed by atoms with van der Waals surface area (Å²) in [5, 5.41) is 0. The van der Waals surface area contributed by atoms with Crippen LogP contribution in [0.2, 0.25) is 0 Å². The molecule has 106 valence electrons. The van der Waals surface area contributed by atoms with Crippen LogP contribution in [0.5, 0.6) is 5.75 Å². The summed E-state index contributed by atoms with van der Waals surface area (Å²) in [5.41, 5.74) is 8.65. The number of halogens is 2. The van der Waals surface area contributed by atoms with E-state index in [-0.39, 0.29) is 30.8 Å². The van der Waals surface area contributed by atoms with Crippen molar-refractivity contribution in [1.29, 1.82) is 0 Å². The molecule has 0 bridgehead atoms. The van der Waals surface area contributed by atoms with Crippen LogP contribution >= 0.6 is 24.8 Å². The zero-order chi connectivity index (χ0) is 12.5. The van der Waals surface area contributed by atoms with Gasteiger partial charge in [-0.25, -0.2) is 0 Å². The normalized spacial score (nSPS) is 9.65. The lowest BCUT2D eigenvalue weighted by atomic mass is 10.1. The third-order valence-electron chi connectivity index (χ3n) is 2.67. The Morgan fingerprint density at radius 2 is 1.95 bits per heavy atom. The average Bonchev–Trinajstić information content (AvgIpc) is 2.77. The van der Waals surface area contributed by atoms with Gasteiger partial charge in [-0.05, 0) is 24.3 Å². The van der Waals surface area contributed by atoms with Crippen molar-refractivity contribution in [2.24, 2.45) is 0 Å². The topological polar surface area (TPSA) is 74.2 Å². The number of nitrogen functional groups attached to an aromatic ring is 1. The molecular formula is C13H13Cl2N3O2. The van der Waals surface area contributed by atoms with Gasteiger partial charge in [0.2, 0.25) is 0 Å². The van der Waals surface area contributed by atoms with Crippen molar-refractivity contribution in [3.8, 4) is 17.0 Å². The molecule has 3 aromatic rings. The monoisotopic (exact) mass is 313 g/mol. The summed E-state index contributed by atoms with van der Waals surface area (Å²) in [7, 11) is 1.63. The Labute approximate surface area is 128 Å². The zero-order valence-electron chi connectivity index (χ0n) is 10.6. The first-order valence-corrected chi connectivity index (χ1v) is 5.43. The molecule has 3 rings (SSSR count). The van der Waals surface area contributed by atoms with Gasteiger partial charge < -0.3 is 14.9 Å². The van der Waals surface area contributed by atoms with E-state index in [1.165, 1.54) is 0 Å². The second kappa shape index (κ2) is 6.45. The Hall–Kier alpha value is -1.98. The van der Waals surface area contributed by atoms with Crippen LogP contribution in [-0.2, 0) is 0 Å². The highest BCUT2D eigenvalue weighted by atomic mass is 35.5. The van der Waals surface area contributed by atoms with Crippen molar-refractivity contribution < 1.29 is 9.15 Å². The Morgan fingerprint density at radius 1 is 1.15 bits per heavy atom. The maximum absolute atomic E-state index is 5.51. The molecule has 0 aliphatic rings. The highest BCUT2D eigenvalue weighted by molar-refractivity contribution is 5.85. The summed E-state index contributed by atoms with van der Waals surface area (Å²) in [6.07, 6.45) is 1.70. The summed E-state index contributed by atoms with van der Waals surface area (Å²) in [6.45, 7) is 0. The van der Waals surface area contributed by atoms with E-state index in [0.29, 0.717) is 5.58 Å². The number of anilines is 1.